The van der Waals surface area contributed by atoms with Crippen molar-refractivity contribution >= 4 is 23.1 Å². The van der Waals surface area contributed by atoms with Gasteiger partial charge in [-0.05, 0) is 60.1 Å². The summed E-state index contributed by atoms with van der Waals surface area (Å²) in [6, 6.07) is 11.3. The second-order valence-electron chi connectivity index (χ2n) is 8.26. The minimum atomic E-state index is -4.41. The molecule has 1 fully saturated rings. The maximum Gasteiger partial charge on any atom is 0.416 e. The molecule has 2 nitrogen and oxygen atoms in total. The van der Waals surface area contributed by atoms with Crippen LogP contribution in [-0.4, -0.2) is 23.9 Å². The number of nitrogens with zero attached hydrogens (tertiary/aromatic N) is 1. The number of aryl methyl sites for hydroxylation is 1. The smallest absolute Gasteiger partial charge is 0.343 e. The molecule has 1 spiro atoms. The topological polar surface area (TPSA) is 20.3 Å². The molecule has 2 aliphatic rings. The summed E-state index contributed by atoms with van der Waals surface area (Å²) in [5.41, 5.74) is 2.75. The van der Waals surface area contributed by atoms with Crippen LogP contribution in [0.5, 0.6) is 0 Å². The van der Waals surface area contributed by atoms with E-state index in [0.29, 0.717) is 13.1 Å². The van der Waals surface area contributed by atoms with Crippen LogP contribution in [0.3, 0.4) is 0 Å². The third-order valence-electron chi connectivity index (χ3n) is 6.48. The SMILES string of the molecule is C=C1CC2(CCN(C(=O)CCc3ccccc3C(F)(F)F)CC2)c2c(Cl)cccc21. The summed E-state index contributed by atoms with van der Waals surface area (Å²) in [5, 5.41) is 0.745. The van der Waals surface area contributed by atoms with Crippen LogP contribution in [0.4, 0.5) is 13.2 Å². The molecule has 30 heavy (non-hydrogen) atoms. The molecule has 0 bridgehead atoms. The summed E-state index contributed by atoms with van der Waals surface area (Å²) in [4.78, 5) is 14.5. The second-order valence-corrected chi connectivity index (χ2v) is 8.67. The number of hydrogen-bond donors (Lipinski definition) is 0. The van der Waals surface area contributed by atoms with Gasteiger partial charge in [0.2, 0.25) is 5.91 Å². The Bertz CT molecular complexity index is 990. The lowest BCUT2D eigenvalue weighted by Crippen LogP contribution is -2.44. The third kappa shape index (κ3) is 3.76. The van der Waals surface area contributed by atoms with Crippen molar-refractivity contribution in [3.8, 4) is 0 Å². The van der Waals surface area contributed by atoms with Crippen molar-refractivity contribution in [2.45, 2.75) is 43.7 Å². The van der Waals surface area contributed by atoms with Crippen LogP contribution in [0.1, 0.15) is 47.9 Å². The zero-order valence-electron chi connectivity index (χ0n) is 16.6. The summed E-state index contributed by atoms with van der Waals surface area (Å²) < 4.78 is 39.5. The number of carbonyl (C=O) groups excluding carboxylic acids is 1. The highest BCUT2D eigenvalue weighted by atomic mass is 35.5. The molecular formula is C24H23ClF3NO. The largest absolute Gasteiger partial charge is 0.416 e. The molecule has 0 aromatic heterocycles. The molecule has 6 heteroatoms. The Balaban J connectivity index is 1.42. The molecule has 1 aliphatic heterocycles. The number of carbonyl (C=O) groups is 1. The Morgan fingerprint density at radius 3 is 2.50 bits per heavy atom. The van der Waals surface area contributed by atoms with E-state index in [9.17, 15) is 18.0 Å². The van der Waals surface area contributed by atoms with Gasteiger partial charge in [0.1, 0.15) is 0 Å². The van der Waals surface area contributed by atoms with Crippen LogP contribution in [-0.2, 0) is 22.8 Å². The van der Waals surface area contributed by atoms with Gasteiger partial charge in [0.05, 0.1) is 5.56 Å². The second kappa shape index (κ2) is 7.77. The van der Waals surface area contributed by atoms with E-state index >= 15 is 0 Å². The molecule has 158 valence electrons. The van der Waals surface area contributed by atoms with E-state index in [-0.39, 0.29) is 29.7 Å². The number of alkyl halides is 3. The lowest BCUT2D eigenvalue weighted by atomic mass is 9.73. The number of likely N-dealkylation sites (tertiary alicyclic amines) is 1. The number of fused-ring (bicyclic) bond motifs is 2. The van der Waals surface area contributed by atoms with Gasteiger partial charge in [-0.2, -0.15) is 13.2 Å². The number of halogens is 4. The highest BCUT2D eigenvalue weighted by Gasteiger charge is 2.44. The van der Waals surface area contributed by atoms with Crippen LogP contribution >= 0.6 is 11.6 Å². The van der Waals surface area contributed by atoms with E-state index < -0.39 is 11.7 Å². The van der Waals surface area contributed by atoms with E-state index in [1.165, 1.54) is 12.1 Å². The van der Waals surface area contributed by atoms with Crippen molar-refractivity contribution in [1.29, 1.82) is 0 Å². The van der Waals surface area contributed by atoms with Crippen LogP contribution in [0, 0.1) is 0 Å². The summed E-state index contributed by atoms with van der Waals surface area (Å²) in [7, 11) is 0. The Kier molecular flexibility index (Phi) is 5.43. The summed E-state index contributed by atoms with van der Waals surface area (Å²) >= 11 is 6.51. The van der Waals surface area contributed by atoms with Crippen LogP contribution in [0.15, 0.2) is 49.0 Å². The quantitative estimate of drug-likeness (QED) is 0.558. The van der Waals surface area contributed by atoms with E-state index in [2.05, 4.69) is 6.58 Å². The van der Waals surface area contributed by atoms with E-state index in [4.69, 9.17) is 11.6 Å². The minimum absolute atomic E-state index is 0.0736. The molecule has 1 amide bonds. The van der Waals surface area contributed by atoms with Gasteiger partial charge in [-0.15, -0.1) is 0 Å². The van der Waals surface area contributed by atoms with Gasteiger partial charge in [0.15, 0.2) is 0 Å². The molecule has 2 aromatic rings. The Morgan fingerprint density at radius 1 is 1.10 bits per heavy atom. The first-order valence-electron chi connectivity index (χ1n) is 10.1. The van der Waals surface area contributed by atoms with Crippen LogP contribution < -0.4 is 0 Å². The number of hydrogen-bond acceptors (Lipinski definition) is 1. The van der Waals surface area contributed by atoms with Crippen molar-refractivity contribution in [3.63, 3.8) is 0 Å². The first kappa shape index (κ1) is 21.0. The van der Waals surface area contributed by atoms with Gasteiger partial charge in [-0.3, -0.25) is 4.79 Å². The minimum Gasteiger partial charge on any atom is -0.343 e. The van der Waals surface area contributed by atoms with E-state index in [1.54, 1.807) is 11.0 Å². The van der Waals surface area contributed by atoms with Crippen molar-refractivity contribution < 1.29 is 18.0 Å². The van der Waals surface area contributed by atoms with Crippen LogP contribution in [0.25, 0.3) is 5.57 Å². The van der Waals surface area contributed by atoms with Gasteiger partial charge in [-0.25, -0.2) is 0 Å². The standard InChI is InChI=1S/C24H23ClF3NO/c1-16-15-23(22-18(16)6-4-8-20(22)25)11-13-29(14-12-23)21(30)10-9-17-5-2-3-7-19(17)24(26,27)28/h2-8H,1,9-15H2. The van der Waals surface area contributed by atoms with Crippen molar-refractivity contribution in [2.75, 3.05) is 13.1 Å². The Hall–Kier alpha value is -2.27. The number of amides is 1. The zero-order valence-corrected chi connectivity index (χ0v) is 17.3. The average molecular weight is 434 g/mol. The summed E-state index contributed by atoms with van der Waals surface area (Å²) in [6.07, 6.45) is -1.84. The maximum atomic E-state index is 13.2. The highest BCUT2D eigenvalue weighted by molar-refractivity contribution is 6.32. The number of benzene rings is 2. The molecular weight excluding hydrogens is 411 g/mol. The molecule has 0 unspecified atom stereocenters. The first-order valence-corrected chi connectivity index (χ1v) is 10.5. The van der Waals surface area contributed by atoms with E-state index in [1.807, 2.05) is 18.2 Å². The molecule has 0 radical (unpaired) electrons. The molecule has 1 saturated heterocycles. The van der Waals surface area contributed by atoms with Gasteiger partial charge in [0, 0.05) is 29.9 Å². The fourth-order valence-electron chi connectivity index (χ4n) is 4.98. The van der Waals surface area contributed by atoms with Gasteiger partial charge in [-0.1, -0.05) is 48.5 Å². The van der Waals surface area contributed by atoms with Gasteiger partial charge < -0.3 is 4.90 Å². The summed E-state index contributed by atoms with van der Waals surface area (Å²) in [5.74, 6) is -0.0990. The van der Waals surface area contributed by atoms with Crippen molar-refractivity contribution in [1.82, 2.24) is 4.90 Å². The normalized spacial score (nSPS) is 18.0. The molecule has 2 aromatic carbocycles. The fourth-order valence-corrected chi connectivity index (χ4v) is 5.35. The molecule has 0 N–H and O–H groups in total. The number of piperidine rings is 1. The lowest BCUT2D eigenvalue weighted by Gasteiger charge is -2.40. The molecule has 0 saturated carbocycles. The number of rotatable bonds is 3. The third-order valence-corrected chi connectivity index (χ3v) is 6.80. The Labute approximate surface area is 179 Å². The molecule has 1 aliphatic carbocycles. The molecule has 1 heterocycles. The predicted octanol–water partition coefficient (Wildman–Crippen LogP) is 6.27. The van der Waals surface area contributed by atoms with E-state index in [0.717, 1.165) is 47.1 Å². The highest BCUT2D eigenvalue weighted by Crippen LogP contribution is 2.53. The number of allylic oxidation sites excluding steroid dienone is 1. The van der Waals surface area contributed by atoms with Crippen LogP contribution in [0.2, 0.25) is 5.02 Å². The molecule has 4 rings (SSSR count). The monoisotopic (exact) mass is 433 g/mol. The fraction of sp³-hybridized carbons (Fsp3) is 0.375. The van der Waals surface area contributed by atoms with Crippen molar-refractivity contribution in [2.24, 2.45) is 0 Å². The van der Waals surface area contributed by atoms with Crippen molar-refractivity contribution in [3.05, 3.63) is 76.3 Å². The van der Waals surface area contributed by atoms with Gasteiger partial charge >= 0.3 is 6.18 Å². The molecule has 0 atom stereocenters. The summed E-state index contributed by atoms with van der Waals surface area (Å²) in [6.45, 7) is 5.36. The van der Waals surface area contributed by atoms with Gasteiger partial charge in [0.25, 0.3) is 0 Å². The maximum absolute atomic E-state index is 13.2. The first-order chi connectivity index (χ1) is 14.2. The lowest BCUT2D eigenvalue weighted by molar-refractivity contribution is -0.139. The average Bonchev–Trinajstić information content (AvgIpc) is 2.99. The zero-order chi connectivity index (χ0) is 21.5. The predicted molar refractivity (Wildman–Crippen MR) is 112 cm³/mol. The Morgan fingerprint density at radius 2 is 1.80 bits per heavy atom.